The summed E-state index contributed by atoms with van der Waals surface area (Å²) in [5.74, 6) is 1.75. The Morgan fingerprint density at radius 3 is 1.69 bits per heavy atom. The number of methoxy groups -OCH3 is 2. The van der Waals surface area contributed by atoms with E-state index in [0.29, 0.717) is 22.7 Å². The van der Waals surface area contributed by atoms with Gasteiger partial charge in [0.25, 0.3) is 0 Å². The van der Waals surface area contributed by atoms with Crippen LogP contribution in [-0.2, 0) is 22.6 Å². The van der Waals surface area contributed by atoms with Gasteiger partial charge in [0.05, 0.1) is 66.0 Å². The summed E-state index contributed by atoms with van der Waals surface area (Å²) in [6.45, 7) is 12.3. The molecule has 7 aromatic rings. The first kappa shape index (κ1) is 42.2. The fourth-order valence-corrected chi connectivity index (χ4v) is 7.98. The maximum Gasteiger partial charge on any atom is 0.154 e. The van der Waals surface area contributed by atoms with E-state index < -0.39 is 0 Å². The van der Waals surface area contributed by atoms with Gasteiger partial charge >= 0.3 is 0 Å². The monoisotopic (exact) mass is 843 g/mol. The van der Waals surface area contributed by atoms with Crippen molar-refractivity contribution in [2.45, 2.75) is 70.7 Å². The van der Waals surface area contributed by atoms with Crippen LogP contribution in [0.25, 0.3) is 44.3 Å². The Labute approximate surface area is 361 Å². The van der Waals surface area contributed by atoms with Gasteiger partial charge in [-0.1, -0.05) is 25.4 Å². The lowest BCUT2D eigenvalue weighted by Gasteiger charge is -2.22. The summed E-state index contributed by atoms with van der Waals surface area (Å²) >= 11 is 5.99. The van der Waals surface area contributed by atoms with Crippen molar-refractivity contribution in [2.24, 2.45) is 0 Å². The quantitative estimate of drug-likeness (QED) is 0.102. The van der Waals surface area contributed by atoms with E-state index in [2.05, 4.69) is 64.3 Å². The van der Waals surface area contributed by atoms with Gasteiger partial charge in [-0.3, -0.25) is 19.3 Å². The van der Waals surface area contributed by atoms with Gasteiger partial charge in [-0.05, 0) is 106 Å². The van der Waals surface area contributed by atoms with Crippen LogP contribution in [0.4, 0.5) is 11.6 Å². The second-order valence-corrected chi connectivity index (χ2v) is 16.5. The second-order valence-electron chi connectivity index (χ2n) is 16.1. The smallest absolute Gasteiger partial charge is 0.154 e. The average Bonchev–Trinajstić information content (AvgIpc) is 4.13. The molecule has 318 valence electrons. The Hall–Kier alpha value is -5.45. The maximum absolute atomic E-state index is 5.99. The number of ether oxygens (including phenoxy) is 2. The van der Waals surface area contributed by atoms with E-state index in [-0.39, 0.29) is 12.2 Å². The fraction of sp³-hybridized carbons (Fsp3) is 0.422. The molecule has 2 saturated heterocycles. The molecule has 2 fully saturated rings. The highest BCUT2D eigenvalue weighted by Crippen LogP contribution is 2.26. The normalized spacial score (nSPS) is 15.7. The molecule has 1 N–H and O–H groups in total. The van der Waals surface area contributed by atoms with E-state index in [1.165, 1.54) is 38.8 Å². The van der Waals surface area contributed by atoms with Gasteiger partial charge < -0.3 is 24.6 Å². The molecule has 2 atom stereocenters. The van der Waals surface area contributed by atoms with Crippen LogP contribution in [0.3, 0.4) is 0 Å². The average molecular weight is 844 g/mol. The Kier molecular flexibility index (Phi) is 13.8. The van der Waals surface area contributed by atoms with Crippen molar-refractivity contribution in [1.82, 2.24) is 59.5 Å². The van der Waals surface area contributed by atoms with E-state index in [1.807, 2.05) is 82.9 Å². The molecule has 2 aliphatic rings. The van der Waals surface area contributed by atoms with Crippen molar-refractivity contribution < 1.29 is 9.47 Å². The lowest BCUT2D eigenvalue weighted by Crippen LogP contribution is -2.34. The third kappa shape index (κ3) is 11.1. The number of nitrogens with zero attached hydrogens (tertiary/aromatic N) is 12. The lowest BCUT2D eigenvalue weighted by molar-refractivity contribution is 0.0557. The standard InChI is InChI=1S/C26H32N8O.C19H22ClN5O/c1-18(2)19-11-26(32-28-13-19)31-25-7-6-23-24(30-25)10-20(12-27-23)21-14-29-34(15-21)17-22(35-3)16-33-8-4-5-9-33;1-26-16(12-24-6-2-3-7-24)13-25-11-15(10-22-25)14-8-18-17(21-9-14)4-5-19(20)23-18/h6-7,10-15,18,22H,4-5,8-9,16-17H2,1-3H3,(H,30,31,32);4-5,8-11,16H,2-3,6-7,12-13H2,1H3. The molecule has 0 radical (unpaired) electrons. The highest BCUT2D eigenvalue weighted by Gasteiger charge is 2.20. The maximum atomic E-state index is 5.99. The van der Waals surface area contributed by atoms with E-state index in [9.17, 15) is 0 Å². The summed E-state index contributed by atoms with van der Waals surface area (Å²) in [4.78, 5) is 23.1. The van der Waals surface area contributed by atoms with Gasteiger partial charge in [-0.2, -0.15) is 15.3 Å². The van der Waals surface area contributed by atoms with E-state index in [0.717, 1.165) is 89.2 Å². The first-order valence-electron chi connectivity index (χ1n) is 21.1. The Balaban J connectivity index is 0.000000176. The molecule has 0 saturated carbocycles. The molecule has 9 rings (SSSR count). The van der Waals surface area contributed by atoms with E-state index >= 15 is 0 Å². The molecule has 0 aromatic carbocycles. The number of rotatable bonds is 15. The van der Waals surface area contributed by atoms with Crippen LogP contribution in [0.1, 0.15) is 51.0 Å². The minimum atomic E-state index is 0.114. The third-order valence-electron chi connectivity index (χ3n) is 11.3. The van der Waals surface area contributed by atoms with Gasteiger partial charge in [0.15, 0.2) is 5.82 Å². The van der Waals surface area contributed by atoms with Crippen molar-refractivity contribution in [2.75, 3.05) is 58.8 Å². The molecule has 61 heavy (non-hydrogen) atoms. The molecule has 7 aromatic heterocycles. The minimum absolute atomic E-state index is 0.114. The molecule has 16 heteroatoms. The molecule has 2 unspecified atom stereocenters. The predicted octanol–water partition coefficient (Wildman–Crippen LogP) is 7.52. The molecule has 0 spiro atoms. The number of hydrogen-bond donors (Lipinski definition) is 1. The molecule has 2 aliphatic heterocycles. The summed E-state index contributed by atoms with van der Waals surface area (Å²) in [5.41, 5.74) is 8.34. The number of nitrogens with one attached hydrogen (secondary N) is 1. The van der Waals surface area contributed by atoms with Gasteiger partial charge in [-0.15, -0.1) is 5.10 Å². The van der Waals surface area contributed by atoms with Crippen LogP contribution in [0.5, 0.6) is 0 Å². The zero-order valence-electron chi connectivity index (χ0n) is 35.4. The van der Waals surface area contributed by atoms with Crippen LogP contribution < -0.4 is 5.32 Å². The lowest BCUT2D eigenvalue weighted by atomic mass is 10.1. The molecule has 15 nitrogen and oxygen atoms in total. The molecule has 0 aliphatic carbocycles. The second kappa shape index (κ2) is 19.9. The Morgan fingerprint density at radius 2 is 1.15 bits per heavy atom. The first-order chi connectivity index (χ1) is 29.8. The summed E-state index contributed by atoms with van der Waals surface area (Å²) in [6.07, 6.45) is 18.7. The number of fused-ring (bicyclic) bond motifs is 2. The number of halogens is 1. The predicted molar refractivity (Wildman–Crippen MR) is 239 cm³/mol. The number of pyridine rings is 4. The zero-order valence-corrected chi connectivity index (χ0v) is 36.1. The third-order valence-corrected chi connectivity index (χ3v) is 11.6. The molecular formula is C45H54ClN13O2. The molecule has 0 amide bonds. The van der Waals surface area contributed by atoms with Crippen molar-refractivity contribution in [3.05, 3.63) is 96.6 Å². The fourth-order valence-electron chi connectivity index (χ4n) is 7.83. The topological polar surface area (TPSA) is 150 Å². The van der Waals surface area contributed by atoms with Crippen molar-refractivity contribution in [3.63, 3.8) is 0 Å². The Bertz CT molecular complexity index is 2510. The van der Waals surface area contributed by atoms with Crippen molar-refractivity contribution in [3.8, 4) is 22.3 Å². The number of hydrogen-bond acceptors (Lipinski definition) is 13. The van der Waals surface area contributed by atoms with Gasteiger partial charge in [-0.25, -0.2) is 9.97 Å². The van der Waals surface area contributed by atoms with Gasteiger partial charge in [0.2, 0.25) is 0 Å². The molecule has 0 bridgehead atoms. The minimum Gasteiger partial charge on any atom is -0.378 e. The Morgan fingerprint density at radius 1 is 0.607 bits per heavy atom. The summed E-state index contributed by atoms with van der Waals surface area (Å²) in [6, 6.07) is 13.5. The summed E-state index contributed by atoms with van der Waals surface area (Å²) in [5, 5.41) is 21.1. The van der Waals surface area contributed by atoms with Gasteiger partial charge in [0.1, 0.15) is 11.0 Å². The van der Waals surface area contributed by atoms with E-state index in [4.69, 9.17) is 26.1 Å². The highest BCUT2D eigenvalue weighted by molar-refractivity contribution is 6.29. The van der Waals surface area contributed by atoms with Crippen LogP contribution in [-0.4, -0.2) is 125 Å². The van der Waals surface area contributed by atoms with Crippen LogP contribution >= 0.6 is 11.6 Å². The van der Waals surface area contributed by atoms with Crippen molar-refractivity contribution >= 4 is 45.3 Å². The summed E-state index contributed by atoms with van der Waals surface area (Å²) in [7, 11) is 3.55. The molecular weight excluding hydrogens is 790 g/mol. The number of aromatic nitrogens is 10. The van der Waals surface area contributed by atoms with Crippen molar-refractivity contribution in [1.29, 1.82) is 0 Å². The van der Waals surface area contributed by atoms with E-state index in [1.54, 1.807) is 26.5 Å². The zero-order chi connectivity index (χ0) is 42.1. The van der Waals surface area contributed by atoms with Gasteiger partial charge in [0, 0.05) is 74.4 Å². The first-order valence-corrected chi connectivity index (χ1v) is 21.5. The number of anilines is 2. The summed E-state index contributed by atoms with van der Waals surface area (Å²) < 4.78 is 15.3. The van der Waals surface area contributed by atoms with Crippen LogP contribution in [0, 0.1) is 0 Å². The van der Waals surface area contributed by atoms with Crippen LogP contribution in [0.2, 0.25) is 5.15 Å². The van der Waals surface area contributed by atoms with Crippen LogP contribution in [0.15, 0.2) is 85.8 Å². The molecule has 9 heterocycles. The largest absolute Gasteiger partial charge is 0.378 e. The highest BCUT2D eigenvalue weighted by atomic mass is 35.5. The SMILES string of the molecule is COC(CN1CCCC1)Cn1cc(-c2cnc3ccc(Cl)nc3c2)cn1.COC(CN1CCCC1)Cn1cc(-c2cnc3ccc(Nc4cc(C(C)C)cnn4)nc3c2)cn1. The number of likely N-dealkylation sites (tertiary alicyclic amines) is 2.